The predicted octanol–water partition coefficient (Wildman–Crippen LogP) is 3.88. The first-order valence-electron chi connectivity index (χ1n) is 9.30. The van der Waals surface area contributed by atoms with Gasteiger partial charge in [0.15, 0.2) is 5.82 Å². The van der Waals surface area contributed by atoms with Gasteiger partial charge in [0.05, 0.1) is 4.90 Å². The van der Waals surface area contributed by atoms with Crippen molar-refractivity contribution >= 4 is 21.7 Å². The van der Waals surface area contributed by atoms with Gasteiger partial charge in [0.2, 0.25) is 0 Å². The Morgan fingerprint density at radius 3 is 2.14 bits per heavy atom. The minimum absolute atomic E-state index is 0.189. The number of anilines is 2. The Bertz CT molecular complexity index is 973. The van der Waals surface area contributed by atoms with Crippen LogP contribution in [0.2, 0.25) is 0 Å². The number of aryl methyl sites for hydroxylation is 2. The van der Waals surface area contributed by atoms with Crippen LogP contribution in [0.25, 0.3) is 0 Å². The molecule has 0 saturated heterocycles. The zero-order chi connectivity index (χ0) is 19.8. The zero-order valence-electron chi connectivity index (χ0n) is 15.8. The summed E-state index contributed by atoms with van der Waals surface area (Å²) in [7, 11) is -3.68. The van der Waals surface area contributed by atoms with Gasteiger partial charge in [0.25, 0.3) is 10.0 Å². The predicted molar refractivity (Wildman–Crippen MR) is 112 cm³/mol. The molecule has 1 aromatic heterocycles. The van der Waals surface area contributed by atoms with Crippen LogP contribution in [0.4, 0.5) is 11.6 Å². The van der Waals surface area contributed by atoms with E-state index < -0.39 is 10.0 Å². The molecule has 0 bridgehead atoms. The van der Waals surface area contributed by atoms with Crippen molar-refractivity contribution in [1.29, 1.82) is 0 Å². The summed E-state index contributed by atoms with van der Waals surface area (Å²) < 4.78 is 27.3. The number of hydrogen-bond donors (Lipinski definition) is 2. The summed E-state index contributed by atoms with van der Waals surface area (Å²) in [4.78, 5) is 0.203. The van der Waals surface area contributed by atoms with E-state index >= 15 is 0 Å². The van der Waals surface area contributed by atoms with Crippen molar-refractivity contribution in [2.24, 2.45) is 0 Å². The summed E-state index contributed by atoms with van der Waals surface area (Å²) in [6.07, 6.45) is 2.81. The van der Waals surface area contributed by atoms with Crippen molar-refractivity contribution in [1.82, 2.24) is 10.2 Å². The summed E-state index contributed by atoms with van der Waals surface area (Å²) in [6, 6.07) is 20.4. The molecule has 2 N–H and O–H groups in total. The van der Waals surface area contributed by atoms with Gasteiger partial charge in [-0.05, 0) is 54.7 Å². The Balaban J connectivity index is 1.52. The Labute approximate surface area is 166 Å². The number of hydrogen-bond acceptors (Lipinski definition) is 5. The van der Waals surface area contributed by atoms with E-state index in [9.17, 15) is 8.42 Å². The molecule has 3 rings (SSSR count). The summed E-state index contributed by atoms with van der Waals surface area (Å²) >= 11 is 0. The molecule has 0 atom stereocenters. The van der Waals surface area contributed by atoms with Crippen molar-refractivity contribution in [3.8, 4) is 0 Å². The third kappa shape index (κ3) is 5.53. The maximum absolute atomic E-state index is 12.4. The molecule has 0 saturated carbocycles. The standard InChI is InChI=1S/C21H24N4O2S/c1-2-17-10-12-19(13-11-17)28(26,27)25-21-15-14-20(23-24-21)22-16-6-9-18-7-4-3-5-8-18/h3-5,7-8,10-15H,2,6,9,16H2,1H3,(H,22,23)(H,24,25). The molecule has 7 heteroatoms. The van der Waals surface area contributed by atoms with Crippen LogP contribution in [0.5, 0.6) is 0 Å². The van der Waals surface area contributed by atoms with Crippen LogP contribution < -0.4 is 10.0 Å². The molecule has 6 nitrogen and oxygen atoms in total. The topological polar surface area (TPSA) is 84.0 Å². The van der Waals surface area contributed by atoms with Gasteiger partial charge in [-0.25, -0.2) is 8.42 Å². The van der Waals surface area contributed by atoms with Crippen LogP contribution in [0.1, 0.15) is 24.5 Å². The molecule has 0 aliphatic rings. The monoisotopic (exact) mass is 396 g/mol. The van der Waals surface area contributed by atoms with E-state index in [2.05, 4.69) is 32.4 Å². The zero-order valence-corrected chi connectivity index (χ0v) is 16.6. The van der Waals surface area contributed by atoms with Gasteiger partial charge in [-0.15, -0.1) is 10.2 Å². The largest absolute Gasteiger partial charge is 0.369 e. The molecule has 28 heavy (non-hydrogen) atoms. The molecule has 2 aromatic carbocycles. The molecular formula is C21H24N4O2S. The second-order valence-corrected chi connectivity index (χ2v) is 8.11. The van der Waals surface area contributed by atoms with E-state index in [-0.39, 0.29) is 10.7 Å². The van der Waals surface area contributed by atoms with E-state index in [1.54, 1.807) is 24.3 Å². The van der Waals surface area contributed by atoms with Gasteiger partial charge in [0, 0.05) is 6.54 Å². The third-order valence-corrected chi connectivity index (χ3v) is 5.71. The second-order valence-electron chi connectivity index (χ2n) is 6.42. The van der Waals surface area contributed by atoms with Crippen molar-refractivity contribution in [3.05, 3.63) is 77.9 Å². The van der Waals surface area contributed by atoms with Crippen molar-refractivity contribution in [3.63, 3.8) is 0 Å². The highest BCUT2D eigenvalue weighted by atomic mass is 32.2. The Morgan fingerprint density at radius 1 is 0.821 bits per heavy atom. The van der Waals surface area contributed by atoms with Gasteiger partial charge in [0.1, 0.15) is 5.82 Å². The van der Waals surface area contributed by atoms with Gasteiger partial charge in [-0.1, -0.05) is 49.4 Å². The number of nitrogens with zero attached hydrogens (tertiary/aromatic N) is 2. The van der Waals surface area contributed by atoms with E-state index in [1.165, 1.54) is 5.56 Å². The maximum Gasteiger partial charge on any atom is 0.263 e. The maximum atomic E-state index is 12.4. The first-order chi connectivity index (χ1) is 13.6. The lowest BCUT2D eigenvalue weighted by Crippen LogP contribution is -2.14. The second kappa shape index (κ2) is 9.32. The lowest BCUT2D eigenvalue weighted by atomic mass is 10.1. The highest BCUT2D eigenvalue weighted by Gasteiger charge is 2.14. The molecule has 0 aliphatic carbocycles. The minimum atomic E-state index is -3.68. The van der Waals surface area contributed by atoms with Crippen LogP contribution >= 0.6 is 0 Å². The first-order valence-corrected chi connectivity index (χ1v) is 10.8. The average Bonchev–Trinajstić information content (AvgIpc) is 2.73. The van der Waals surface area contributed by atoms with Crippen LogP contribution in [-0.4, -0.2) is 25.2 Å². The van der Waals surface area contributed by atoms with Crippen LogP contribution in [0.3, 0.4) is 0 Å². The molecule has 0 unspecified atom stereocenters. The molecule has 3 aromatic rings. The fourth-order valence-corrected chi connectivity index (χ4v) is 3.73. The summed E-state index contributed by atoms with van der Waals surface area (Å²) in [5, 5.41) is 11.2. The average molecular weight is 397 g/mol. The van der Waals surface area contributed by atoms with Crippen molar-refractivity contribution in [2.45, 2.75) is 31.1 Å². The number of nitrogens with one attached hydrogen (secondary N) is 2. The Kier molecular flexibility index (Phi) is 6.60. The fraction of sp³-hybridized carbons (Fsp3) is 0.238. The summed E-state index contributed by atoms with van der Waals surface area (Å²) in [5.41, 5.74) is 2.38. The third-order valence-electron chi connectivity index (χ3n) is 4.34. The lowest BCUT2D eigenvalue weighted by molar-refractivity contribution is 0.601. The number of rotatable bonds is 9. The van der Waals surface area contributed by atoms with Gasteiger partial charge < -0.3 is 5.32 Å². The lowest BCUT2D eigenvalue weighted by Gasteiger charge is -2.09. The highest BCUT2D eigenvalue weighted by molar-refractivity contribution is 7.92. The molecule has 0 aliphatic heterocycles. The van der Waals surface area contributed by atoms with Crippen LogP contribution in [0, 0.1) is 0 Å². The number of aromatic nitrogens is 2. The van der Waals surface area contributed by atoms with Crippen LogP contribution in [0.15, 0.2) is 71.6 Å². The molecule has 0 spiro atoms. The van der Waals surface area contributed by atoms with Gasteiger partial charge in [-0.2, -0.15) is 0 Å². The molecule has 0 radical (unpaired) electrons. The van der Waals surface area contributed by atoms with Crippen LogP contribution in [-0.2, 0) is 22.9 Å². The SMILES string of the molecule is CCc1ccc(S(=O)(=O)Nc2ccc(NCCCc3ccccc3)nn2)cc1. The highest BCUT2D eigenvalue weighted by Crippen LogP contribution is 2.16. The van der Waals surface area contributed by atoms with Crippen molar-refractivity contribution in [2.75, 3.05) is 16.6 Å². The first kappa shape index (κ1) is 19.8. The van der Waals surface area contributed by atoms with Gasteiger partial charge in [-0.3, -0.25) is 4.72 Å². The minimum Gasteiger partial charge on any atom is -0.369 e. The summed E-state index contributed by atoms with van der Waals surface area (Å²) in [6.45, 7) is 2.78. The Morgan fingerprint density at radius 2 is 1.50 bits per heavy atom. The van der Waals surface area contributed by atoms with E-state index in [4.69, 9.17) is 0 Å². The fourth-order valence-electron chi connectivity index (χ4n) is 2.74. The summed E-state index contributed by atoms with van der Waals surface area (Å²) in [5.74, 6) is 0.803. The molecule has 0 fully saturated rings. The smallest absolute Gasteiger partial charge is 0.263 e. The molecule has 0 amide bonds. The molecule has 146 valence electrons. The molecular weight excluding hydrogens is 372 g/mol. The van der Waals surface area contributed by atoms with E-state index in [0.717, 1.165) is 31.4 Å². The quantitative estimate of drug-likeness (QED) is 0.536. The number of benzene rings is 2. The number of sulfonamides is 1. The van der Waals surface area contributed by atoms with Gasteiger partial charge >= 0.3 is 0 Å². The Hall–Kier alpha value is -2.93. The van der Waals surface area contributed by atoms with E-state index in [1.807, 2.05) is 37.3 Å². The van der Waals surface area contributed by atoms with Crippen molar-refractivity contribution < 1.29 is 8.42 Å². The molecule has 1 heterocycles. The van der Waals surface area contributed by atoms with E-state index in [0.29, 0.717) is 5.82 Å². The normalized spacial score (nSPS) is 11.2.